The highest BCUT2D eigenvalue weighted by molar-refractivity contribution is 7.98. The summed E-state index contributed by atoms with van der Waals surface area (Å²) in [7, 11) is 0. The van der Waals surface area contributed by atoms with Crippen molar-refractivity contribution in [3.63, 3.8) is 0 Å². The Hall–Kier alpha value is -2.93. The lowest BCUT2D eigenvalue weighted by Gasteiger charge is -2.07. The molecule has 2 aromatic heterocycles. The van der Waals surface area contributed by atoms with Gasteiger partial charge in [0.25, 0.3) is 0 Å². The van der Waals surface area contributed by atoms with Gasteiger partial charge >= 0.3 is 0 Å². The van der Waals surface area contributed by atoms with Crippen LogP contribution in [0.3, 0.4) is 0 Å². The molecule has 0 unspecified atom stereocenters. The SMILES string of the molecule is Cc1ccccc1-n1nnnc1SCc1ccc(-n2ccnc2)cc1. The third-order valence-corrected chi connectivity index (χ3v) is 4.88. The van der Waals surface area contributed by atoms with Crippen molar-refractivity contribution in [3.05, 3.63) is 78.4 Å². The molecule has 124 valence electrons. The number of aryl methyl sites for hydroxylation is 1. The van der Waals surface area contributed by atoms with Crippen molar-refractivity contribution in [2.24, 2.45) is 0 Å². The van der Waals surface area contributed by atoms with Crippen molar-refractivity contribution >= 4 is 11.8 Å². The molecule has 2 aromatic carbocycles. The van der Waals surface area contributed by atoms with Crippen LogP contribution < -0.4 is 0 Å². The minimum Gasteiger partial charge on any atom is -0.306 e. The predicted molar refractivity (Wildman–Crippen MR) is 97.0 cm³/mol. The van der Waals surface area contributed by atoms with E-state index in [2.05, 4.69) is 57.8 Å². The standard InChI is InChI=1S/C18H16N6S/c1-14-4-2-3-5-17(14)24-18(20-21-22-24)25-12-15-6-8-16(9-7-15)23-11-10-19-13-23/h2-11,13H,12H2,1H3. The zero-order valence-electron chi connectivity index (χ0n) is 13.6. The molecule has 0 fully saturated rings. The highest BCUT2D eigenvalue weighted by Gasteiger charge is 2.11. The fourth-order valence-electron chi connectivity index (χ4n) is 2.55. The van der Waals surface area contributed by atoms with Gasteiger partial charge in [-0.2, -0.15) is 4.68 Å². The van der Waals surface area contributed by atoms with Crippen LogP contribution in [0.1, 0.15) is 11.1 Å². The van der Waals surface area contributed by atoms with Crippen LogP contribution in [0, 0.1) is 6.92 Å². The molecule has 0 aliphatic carbocycles. The summed E-state index contributed by atoms with van der Waals surface area (Å²) in [5.41, 5.74) is 4.45. The molecule has 25 heavy (non-hydrogen) atoms. The number of rotatable bonds is 5. The van der Waals surface area contributed by atoms with Crippen LogP contribution in [0.2, 0.25) is 0 Å². The molecule has 2 heterocycles. The van der Waals surface area contributed by atoms with Crippen molar-refractivity contribution in [1.29, 1.82) is 0 Å². The van der Waals surface area contributed by atoms with Crippen LogP contribution in [0.4, 0.5) is 0 Å². The fraction of sp³-hybridized carbons (Fsp3) is 0.111. The Bertz CT molecular complexity index is 959. The maximum Gasteiger partial charge on any atom is 0.214 e. The molecule has 4 aromatic rings. The third kappa shape index (κ3) is 3.32. The summed E-state index contributed by atoms with van der Waals surface area (Å²) in [4.78, 5) is 4.07. The van der Waals surface area contributed by atoms with E-state index >= 15 is 0 Å². The lowest BCUT2D eigenvalue weighted by Crippen LogP contribution is -2.01. The molecule has 6 nitrogen and oxygen atoms in total. The monoisotopic (exact) mass is 348 g/mol. The molecule has 0 bridgehead atoms. The summed E-state index contributed by atoms with van der Waals surface area (Å²) in [6, 6.07) is 16.5. The number of aromatic nitrogens is 6. The number of thioether (sulfide) groups is 1. The molecular weight excluding hydrogens is 332 g/mol. The summed E-state index contributed by atoms with van der Waals surface area (Å²) in [5, 5.41) is 12.9. The van der Waals surface area contributed by atoms with E-state index in [0.717, 1.165) is 27.8 Å². The number of nitrogens with zero attached hydrogens (tertiary/aromatic N) is 6. The van der Waals surface area contributed by atoms with Gasteiger partial charge in [0, 0.05) is 23.8 Å². The van der Waals surface area contributed by atoms with Crippen molar-refractivity contribution in [1.82, 2.24) is 29.8 Å². The highest BCUT2D eigenvalue weighted by Crippen LogP contribution is 2.24. The molecule has 0 amide bonds. The Labute approximate surface area is 149 Å². The van der Waals surface area contributed by atoms with Crippen molar-refractivity contribution in [2.45, 2.75) is 17.8 Å². The zero-order valence-corrected chi connectivity index (χ0v) is 14.5. The van der Waals surface area contributed by atoms with Crippen LogP contribution in [-0.4, -0.2) is 29.8 Å². The largest absolute Gasteiger partial charge is 0.306 e. The van der Waals surface area contributed by atoms with Crippen LogP contribution in [-0.2, 0) is 5.75 Å². The molecule has 0 aliphatic rings. The van der Waals surface area contributed by atoms with Gasteiger partial charge in [-0.05, 0) is 46.7 Å². The zero-order chi connectivity index (χ0) is 17.1. The minimum atomic E-state index is 0.785. The van der Waals surface area contributed by atoms with E-state index in [4.69, 9.17) is 0 Å². The van der Waals surface area contributed by atoms with E-state index in [0.29, 0.717) is 0 Å². The molecular formula is C18H16N6S. The van der Waals surface area contributed by atoms with Gasteiger partial charge in [0.2, 0.25) is 5.16 Å². The number of imidazole rings is 1. The number of benzene rings is 2. The Morgan fingerprint density at radius 1 is 1.04 bits per heavy atom. The molecule has 0 radical (unpaired) electrons. The predicted octanol–water partition coefficient (Wildman–Crippen LogP) is 3.45. The van der Waals surface area contributed by atoms with Gasteiger partial charge in [-0.1, -0.05) is 42.1 Å². The van der Waals surface area contributed by atoms with Gasteiger partial charge < -0.3 is 4.57 Å². The average molecular weight is 348 g/mol. The van der Waals surface area contributed by atoms with E-state index in [9.17, 15) is 0 Å². The first-order valence-electron chi connectivity index (χ1n) is 7.86. The van der Waals surface area contributed by atoms with Gasteiger partial charge in [-0.25, -0.2) is 4.98 Å². The Kier molecular flexibility index (Phi) is 4.30. The highest BCUT2D eigenvalue weighted by atomic mass is 32.2. The molecule has 0 saturated carbocycles. The maximum absolute atomic E-state index is 4.16. The third-order valence-electron chi connectivity index (χ3n) is 3.89. The first-order valence-corrected chi connectivity index (χ1v) is 8.84. The normalized spacial score (nSPS) is 10.9. The van der Waals surface area contributed by atoms with Crippen LogP contribution in [0.25, 0.3) is 11.4 Å². The van der Waals surface area contributed by atoms with Crippen molar-refractivity contribution in [3.8, 4) is 11.4 Å². The van der Waals surface area contributed by atoms with E-state index in [1.54, 1.807) is 29.0 Å². The van der Waals surface area contributed by atoms with Gasteiger partial charge in [0.05, 0.1) is 12.0 Å². The quantitative estimate of drug-likeness (QED) is 0.517. The van der Waals surface area contributed by atoms with E-state index in [1.165, 1.54) is 5.56 Å². The molecule has 0 N–H and O–H groups in total. The maximum atomic E-state index is 4.16. The second-order valence-electron chi connectivity index (χ2n) is 5.58. The van der Waals surface area contributed by atoms with Gasteiger partial charge in [0.1, 0.15) is 0 Å². The molecule has 0 atom stereocenters. The molecule has 0 saturated heterocycles. The van der Waals surface area contributed by atoms with Crippen molar-refractivity contribution < 1.29 is 0 Å². The second-order valence-corrected chi connectivity index (χ2v) is 6.53. The van der Waals surface area contributed by atoms with Crippen molar-refractivity contribution in [2.75, 3.05) is 0 Å². The second kappa shape index (κ2) is 6.90. The lowest BCUT2D eigenvalue weighted by molar-refractivity contribution is 0.752. The number of hydrogen-bond donors (Lipinski definition) is 0. The molecule has 4 rings (SSSR count). The molecule has 0 aliphatic heterocycles. The minimum absolute atomic E-state index is 0.785. The summed E-state index contributed by atoms with van der Waals surface area (Å²) in [5.74, 6) is 0.802. The number of tetrazole rings is 1. The summed E-state index contributed by atoms with van der Waals surface area (Å²) >= 11 is 1.62. The number of para-hydroxylation sites is 1. The first-order chi connectivity index (χ1) is 12.3. The van der Waals surface area contributed by atoms with Gasteiger partial charge in [-0.15, -0.1) is 5.10 Å². The average Bonchev–Trinajstić information content (AvgIpc) is 3.33. The van der Waals surface area contributed by atoms with Crippen LogP contribution >= 0.6 is 11.8 Å². The molecule has 0 spiro atoms. The van der Waals surface area contributed by atoms with Gasteiger partial charge in [-0.3, -0.25) is 0 Å². The smallest absolute Gasteiger partial charge is 0.214 e. The van der Waals surface area contributed by atoms with Crippen LogP contribution in [0.15, 0.2) is 72.4 Å². The Balaban J connectivity index is 1.49. The lowest BCUT2D eigenvalue weighted by atomic mass is 10.2. The number of hydrogen-bond acceptors (Lipinski definition) is 5. The summed E-state index contributed by atoms with van der Waals surface area (Å²) in [6.07, 6.45) is 5.50. The molecule has 7 heteroatoms. The Morgan fingerprint density at radius 3 is 2.64 bits per heavy atom. The van der Waals surface area contributed by atoms with Crippen LogP contribution in [0.5, 0.6) is 0 Å². The summed E-state index contributed by atoms with van der Waals surface area (Å²) < 4.78 is 3.77. The first kappa shape index (κ1) is 15.6. The Morgan fingerprint density at radius 2 is 1.88 bits per heavy atom. The topological polar surface area (TPSA) is 61.4 Å². The van der Waals surface area contributed by atoms with E-state index < -0.39 is 0 Å². The fourth-order valence-corrected chi connectivity index (χ4v) is 3.38. The van der Waals surface area contributed by atoms with E-state index in [1.807, 2.05) is 29.0 Å². The van der Waals surface area contributed by atoms with Gasteiger partial charge in [0.15, 0.2) is 0 Å². The van der Waals surface area contributed by atoms with E-state index in [-0.39, 0.29) is 0 Å². The summed E-state index contributed by atoms with van der Waals surface area (Å²) in [6.45, 7) is 2.06.